The Kier molecular flexibility index (Phi) is 3.52. The minimum absolute atomic E-state index is 0.476. The summed E-state index contributed by atoms with van der Waals surface area (Å²) in [7, 11) is 0. The Balaban J connectivity index is 2.10. The Morgan fingerprint density at radius 1 is 1.50 bits per heavy atom. The van der Waals surface area contributed by atoms with Crippen LogP contribution in [0.4, 0.5) is 5.82 Å². The first-order valence-corrected chi connectivity index (χ1v) is 6.55. The van der Waals surface area contributed by atoms with Gasteiger partial charge in [-0.2, -0.15) is 5.10 Å². The fraction of sp³-hybridized carbons (Fsp3) is 0.769. The zero-order chi connectivity index (χ0) is 11.5. The Morgan fingerprint density at radius 3 is 2.81 bits per heavy atom. The third kappa shape index (κ3) is 2.77. The van der Waals surface area contributed by atoms with Crippen LogP contribution >= 0.6 is 0 Å². The molecule has 1 aromatic rings. The molecule has 1 heterocycles. The number of hydrogen-bond acceptors (Lipinski definition) is 2. The zero-order valence-electron chi connectivity index (χ0n) is 10.7. The van der Waals surface area contributed by atoms with Crippen molar-refractivity contribution in [2.24, 2.45) is 0 Å². The molecule has 1 saturated carbocycles. The molecule has 1 aromatic heterocycles. The Morgan fingerprint density at radius 2 is 2.25 bits per heavy atom. The van der Waals surface area contributed by atoms with E-state index in [-0.39, 0.29) is 0 Å². The summed E-state index contributed by atoms with van der Waals surface area (Å²) in [6.45, 7) is 7.61. The Bertz CT molecular complexity index is 337. The molecule has 0 atom stereocenters. The lowest BCUT2D eigenvalue weighted by Crippen LogP contribution is -2.14. The maximum atomic E-state index is 4.72. The molecule has 1 N–H and O–H groups in total. The van der Waals surface area contributed by atoms with E-state index in [1.807, 2.05) is 0 Å². The molecule has 3 nitrogen and oxygen atoms in total. The van der Waals surface area contributed by atoms with E-state index in [0.29, 0.717) is 6.04 Å². The highest BCUT2D eigenvalue weighted by molar-refractivity contribution is 5.39. The van der Waals surface area contributed by atoms with Crippen molar-refractivity contribution < 1.29 is 0 Å². The second-order valence-electron chi connectivity index (χ2n) is 5.10. The molecule has 2 rings (SSSR count). The van der Waals surface area contributed by atoms with Crippen molar-refractivity contribution in [2.75, 3.05) is 5.32 Å². The van der Waals surface area contributed by atoms with Crippen LogP contribution in [-0.2, 0) is 6.54 Å². The number of aryl methyl sites for hydroxylation is 1. The van der Waals surface area contributed by atoms with Gasteiger partial charge >= 0.3 is 0 Å². The summed E-state index contributed by atoms with van der Waals surface area (Å²) in [4.78, 5) is 0. The highest BCUT2D eigenvalue weighted by Crippen LogP contribution is 2.40. The molecule has 0 spiro atoms. The van der Waals surface area contributed by atoms with E-state index in [1.165, 1.54) is 37.2 Å². The van der Waals surface area contributed by atoms with Crippen LogP contribution in [0.5, 0.6) is 0 Å². The molecular formula is C13H23N3. The van der Waals surface area contributed by atoms with E-state index in [4.69, 9.17) is 5.10 Å². The van der Waals surface area contributed by atoms with E-state index in [9.17, 15) is 0 Å². The normalized spacial score (nSPS) is 15.8. The lowest BCUT2D eigenvalue weighted by molar-refractivity contribution is 0.567. The zero-order valence-corrected chi connectivity index (χ0v) is 10.7. The second kappa shape index (κ2) is 4.89. The number of rotatable bonds is 6. The summed E-state index contributed by atoms with van der Waals surface area (Å²) in [5.41, 5.74) is 1.29. The number of anilines is 1. The van der Waals surface area contributed by atoms with E-state index in [0.717, 1.165) is 12.5 Å². The van der Waals surface area contributed by atoms with Gasteiger partial charge in [-0.25, -0.2) is 4.68 Å². The SMILES string of the molecule is CCCCn1nc(C2CC2)cc1NC(C)C. The number of unbranched alkanes of at least 4 members (excludes halogenated alkanes) is 1. The molecule has 0 bridgehead atoms. The third-order valence-electron chi connectivity index (χ3n) is 2.95. The number of aromatic nitrogens is 2. The highest BCUT2D eigenvalue weighted by Gasteiger charge is 2.27. The van der Waals surface area contributed by atoms with Crippen LogP contribution in [0.15, 0.2) is 6.07 Å². The number of nitrogens with one attached hydrogen (secondary N) is 1. The van der Waals surface area contributed by atoms with Gasteiger partial charge < -0.3 is 5.32 Å². The van der Waals surface area contributed by atoms with Crippen molar-refractivity contribution in [1.82, 2.24) is 9.78 Å². The van der Waals surface area contributed by atoms with Crippen molar-refractivity contribution in [3.63, 3.8) is 0 Å². The van der Waals surface area contributed by atoms with Gasteiger partial charge in [0.25, 0.3) is 0 Å². The molecule has 0 aromatic carbocycles. The van der Waals surface area contributed by atoms with Gasteiger partial charge in [0.15, 0.2) is 0 Å². The smallest absolute Gasteiger partial charge is 0.124 e. The molecular weight excluding hydrogens is 198 g/mol. The fourth-order valence-corrected chi connectivity index (χ4v) is 1.91. The first kappa shape index (κ1) is 11.5. The molecule has 0 radical (unpaired) electrons. The molecule has 16 heavy (non-hydrogen) atoms. The second-order valence-corrected chi connectivity index (χ2v) is 5.10. The van der Waals surface area contributed by atoms with Crippen LogP contribution in [0.2, 0.25) is 0 Å². The van der Waals surface area contributed by atoms with Gasteiger partial charge in [-0.1, -0.05) is 13.3 Å². The first-order chi connectivity index (χ1) is 7.70. The fourth-order valence-electron chi connectivity index (χ4n) is 1.91. The summed E-state index contributed by atoms with van der Waals surface area (Å²) in [6.07, 6.45) is 5.08. The van der Waals surface area contributed by atoms with Crippen molar-refractivity contribution >= 4 is 5.82 Å². The van der Waals surface area contributed by atoms with Crippen molar-refractivity contribution in [1.29, 1.82) is 0 Å². The minimum Gasteiger partial charge on any atom is -0.368 e. The van der Waals surface area contributed by atoms with Crippen molar-refractivity contribution in [3.8, 4) is 0 Å². The maximum absolute atomic E-state index is 4.72. The van der Waals surface area contributed by atoms with Gasteiger partial charge in [-0.3, -0.25) is 0 Å². The standard InChI is InChI=1S/C13H23N3/c1-4-5-8-16-13(14-10(2)3)9-12(15-16)11-6-7-11/h9-11,14H,4-8H2,1-3H3. The average molecular weight is 221 g/mol. The Hall–Kier alpha value is -0.990. The molecule has 0 saturated heterocycles. The highest BCUT2D eigenvalue weighted by atomic mass is 15.3. The van der Waals surface area contributed by atoms with Crippen LogP contribution in [-0.4, -0.2) is 15.8 Å². The minimum atomic E-state index is 0.476. The average Bonchev–Trinajstić information content (AvgIpc) is 2.99. The van der Waals surface area contributed by atoms with Gasteiger partial charge in [0.05, 0.1) is 5.69 Å². The molecule has 0 unspecified atom stereocenters. The molecule has 0 aliphatic heterocycles. The monoisotopic (exact) mass is 221 g/mol. The van der Waals surface area contributed by atoms with E-state index in [1.54, 1.807) is 0 Å². The number of nitrogens with zero attached hydrogens (tertiary/aromatic N) is 2. The summed E-state index contributed by atoms with van der Waals surface area (Å²) in [6, 6.07) is 2.72. The molecule has 3 heteroatoms. The van der Waals surface area contributed by atoms with Gasteiger partial charge in [-0.15, -0.1) is 0 Å². The first-order valence-electron chi connectivity index (χ1n) is 6.55. The molecule has 90 valence electrons. The van der Waals surface area contributed by atoms with Gasteiger partial charge in [0.2, 0.25) is 0 Å². The van der Waals surface area contributed by atoms with Crippen LogP contribution in [0.1, 0.15) is 58.1 Å². The quantitative estimate of drug-likeness (QED) is 0.798. The van der Waals surface area contributed by atoms with E-state index >= 15 is 0 Å². The van der Waals surface area contributed by atoms with Crippen LogP contribution in [0, 0.1) is 0 Å². The lowest BCUT2D eigenvalue weighted by Gasteiger charge is -2.11. The lowest BCUT2D eigenvalue weighted by atomic mass is 10.3. The predicted octanol–water partition coefficient (Wildman–Crippen LogP) is 3.38. The van der Waals surface area contributed by atoms with E-state index < -0.39 is 0 Å². The predicted molar refractivity (Wildman–Crippen MR) is 67.9 cm³/mol. The van der Waals surface area contributed by atoms with Crippen LogP contribution < -0.4 is 5.32 Å². The topological polar surface area (TPSA) is 29.9 Å². The van der Waals surface area contributed by atoms with Gasteiger partial charge in [0.1, 0.15) is 5.82 Å². The summed E-state index contributed by atoms with van der Waals surface area (Å²) < 4.78 is 2.15. The summed E-state index contributed by atoms with van der Waals surface area (Å²) >= 11 is 0. The molecule has 1 fully saturated rings. The maximum Gasteiger partial charge on any atom is 0.124 e. The van der Waals surface area contributed by atoms with Crippen molar-refractivity contribution in [3.05, 3.63) is 11.8 Å². The Labute approximate surface area is 98.2 Å². The van der Waals surface area contributed by atoms with Gasteiger partial charge in [0, 0.05) is 24.6 Å². The molecule has 1 aliphatic rings. The number of hydrogen-bond donors (Lipinski definition) is 1. The van der Waals surface area contributed by atoms with Crippen LogP contribution in [0.25, 0.3) is 0 Å². The summed E-state index contributed by atoms with van der Waals surface area (Å²) in [5.74, 6) is 1.95. The van der Waals surface area contributed by atoms with Crippen molar-refractivity contribution in [2.45, 2.75) is 65.0 Å². The van der Waals surface area contributed by atoms with Gasteiger partial charge in [-0.05, 0) is 33.1 Å². The summed E-state index contributed by atoms with van der Waals surface area (Å²) in [5, 5.41) is 8.20. The van der Waals surface area contributed by atoms with Crippen LogP contribution in [0.3, 0.4) is 0 Å². The largest absolute Gasteiger partial charge is 0.368 e. The third-order valence-corrected chi connectivity index (χ3v) is 2.95. The van der Waals surface area contributed by atoms with E-state index in [2.05, 4.69) is 36.8 Å². The molecule has 0 amide bonds. The molecule has 1 aliphatic carbocycles.